The Hall–Kier alpha value is -0.730. The van der Waals surface area contributed by atoms with Crippen molar-refractivity contribution in [3.05, 3.63) is 29.3 Å². The molecule has 0 radical (unpaired) electrons. The minimum Gasteiger partial charge on any atom is -0.492 e. The zero-order chi connectivity index (χ0) is 9.80. The average Bonchev–Trinajstić information content (AvgIpc) is 2.12. The molecular formula is C11H14ClNO. The molecule has 1 aliphatic heterocycles. The van der Waals surface area contributed by atoms with E-state index in [0.29, 0.717) is 5.02 Å². The molecule has 1 heterocycles. The lowest BCUT2D eigenvalue weighted by molar-refractivity contribution is 0.238. The SMILES string of the molecule is Clc1ccccc1OCCC1CNC1. The van der Waals surface area contributed by atoms with Crippen LogP contribution in [0.5, 0.6) is 5.75 Å². The van der Waals surface area contributed by atoms with Gasteiger partial charge in [-0.1, -0.05) is 23.7 Å². The summed E-state index contributed by atoms with van der Waals surface area (Å²) >= 11 is 5.95. The lowest BCUT2D eigenvalue weighted by atomic mass is 10.0. The third kappa shape index (κ3) is 2.40. The molecular weight excluding hydrogens is 198 g/mol. The molecule has 14 heavy (non-hydrogen) atoms. The van der Waals surface area contributed by atoms with E-state index in [1.165, 1.54) is 0 Å². The Morgan fingerprint density at radius 1 is 1.36 bits per heavy atom. The molecule has 1 fully saturated rings. The summed E-state index contributed by atoms with van der Waals surface area (Å²) in [6, 6.07) is 7.60. The zero-order valence-corrected chi connectivity index (χ0v) is 8.76. The summed E-state index contributed by atoms with van der Waals surface area (Å²) in [7, 11) is 0. The van der Waals surface area contributed by atoms with E-state index in [-0.39, 0.29) is 0 Å². The standard InChI is InChI=1S/C11H14ClNO/c12-10-3-1-2-4-11(10)14-6-5-9-7-13-8-9/h1-4,9,13H,5-8H2. The van der Waals surface area contributed by atoms with Gasteiger partial charge in [-0.2, -0.15) is 0 Å². The molecule has 1 aromatic rings. The molecule has 0 spiro atoms. The Kier molecular flexibility index (Phi) is 3.27. The van der Waals surface area contributed by atoms with Crippen molar-refractivity contribution in [1.82, 2.24) is 5.32 Å². The molecule has 1 aromatic carbocycles. The summed E-state index contributed by atoms with van der Waals surface area (Å²) in [4.78, 5) is 0. The molecule has 0 unspecified atom stereocenters. The highest BCUT2D eigenvalue weighted by atomic mass is 35.5. The van der Waals surface area contributed by atoms with Gasteiger partial charge in [-0.05, 0) is 37.6 Å². The Bertz CT molecular complexity index is 299. The summed E-state index contributed by atoms with van der Waals surface area (Å²) in [6.45, 7) is 3.02. The molecule has 0 aliphatic carbocycles. The Morgan fingerprint density at radius 3 is 2.79 bits per heavy atom. The highest BCUT2D eigenvalue weighted by Crippen LogP contribution is 2.23. The van der Waals surface area contributed by atoms with Crippen LogP contribution in [-0.4, -0.2) is 19.7 Å². The molecule has 76 valence electrons. The first-order valence-electron chi connectivity index (χ1n) is 4.94. The Labute approximate surface area is 89.2 Å². The van der Waals surface area contributed by atoms with E-state index >= 15 is 0 Å². The largest absolute Gasteiger partial charge is 0.492 e. The van der Waals surface area contributed by atoms with Crippen molar-refractivity contribution >= 4 is 11.6 Å². The summed E-state index contributed by atoms with van der Waals surface area (Å²) < 4.78 is 5.58. The predicted octanol–water partition coefficient (Wildman–Crippen LogP) is 2.33. The highest BCUT2D eigenvalue weighted by molar-refractivity contribution is 6.32. The molecule has 0 bridgehead atoms. The van der Waals surface area contributed by atoms with Crippen LogP contribution < -0.4 is 10.1 Å². The van der Waals surface area contributed by atoms with Crippen LogP contribution in [0.15, 0.2) is 24.3 Å². The van der Waals surface area contributed by atoms with Crippen LogP contribution >= 0.6 is 11.6 Å². The van der Waals surface area contributed by atoms with Gasteiger partial charge in [-0.25, -0.2) is 0 Å². The van der Waals surface area contributed by atoms with Crippen LogP contribution in [0, 0.1) is 5.92 Å². The second-order valence-corrected chi connectivity index (χ2v) is 4.00. The number of para-hydroxylation sites is 1. The predicted molar refractivity (Wildman–Crippen MR) is 57.9 cm³/mol. The van der Waals surface area contributed by atoms with Gasteiger partial charge in [0.25, 0.3) is 0 Å². The fraction of sp³-hybridized carbons (Fsp3) is 0.455. The highest BCUT2D eigenvalue weighted by Gasteiger charge is 2.16. The number of hydrogen-bond donors (Lipinski definition) is 1. The van der Waals surface area contributed by atoms with Crippen LogP contribution in [0.4, 0.5) is 0 Å². The summed E-state index contributed by atoms with van der Waals surface area (Å²) in [5, 5.41) is 3.93. The van der Waals surface area contributed by atoms with E-state index in [1.54, 1.807) is 0 Å². The van der Waals surface area contributed by atoms with Crippen LogP contribution in [0.25, 0.3) is 0 Å². The normalized spacial score (nSPS) is 16.4. The van der Waals surface area contributed by atoms with Crippen molar-refractivity contribution in [3.8, 4) is 5.75 Å². The number of hydrogen-bond acceptors (Lipinski definition) is 2. The summed E-state index contributed by atoms with van der Waals surface area (Å²) in [5.74, 6) is 1.58. The Morgan fingerprint density at radius 2 is 2.14 bits per heavy atom. The fourth-order valence-corrected chi connectivity index (χ4v) is 1.64. The van der Waals surface area contributed by atoms with Crippen LogP contribution in [0.2, 0.25) is 5.02 Å². The third-order valence-electron chi connectivity index (χ3n) is 2.49. The van der Waals surface area contributed by atoms with Crippen molar-refractivity contribution in [2.75, 3.05) is 19.7 Å². The monoisotopic (exact) mass is 211 g/mol. The van der Waals surface area contributed by atoms with Crippen molar-refractivity contribution in [2.24, 2.45) is 5.92 Å². The van der Waals surface area contributed by atoms with Gasteiger partial charge >= 0.3 is 0 Å². The second kappa shape index (κ2) is 4.67. The first kappa shape index (κ1) is 9.81. The van der Waals surface area contributed by atoms with E-state index in [1.807, 2.05) is 24.3 Å². The van der Waals surface area contributed by atoms with Gasteiger partial charge in [0, 0.05) is 0 Å². The fourth-order valence-electron chi connectivity index (χ4n) is 1.45. The van der Waals surface area contributed by atoms with Crippen molar-refractivity contribution in [1.29, 1.82) is 0 Å². The van der Waals surface area contributed by atoms with Crippen LogP contribution in [-0.2, 0) is 0 Å². The second-order valence-electron chi connectivity index (χ2n) is 3.59. The smallest absolute Gasteiger partial charge is 0.137 e. The first-order chi connectivity index (χ1) is 6.86. The number of ether oxygens (including phenoxy) is 1. The maximum absolute atomic E-state index is 5.95. The van der Waals surface area contributed by atoms with Crippen molar-refractivity contribution < 1.29 is 4.74 Å². The minimum atomic E-state index is 0.694. The summed E-state index contributed by atoms with van der Waals surface area (Å²) in [6.07, 6.45) is 1.11. The lowest BCUT2D eigenvalue weighted by Gasteiger charge is -2.26. The number of rotatable bonds is 4. The molecule has 1 N–H and O–H groups in total. The Balaban J connectivity index is 1.76. The van der Waals surface area contributed by atoms with Gasteiger partial charge in [-0.3, -0.25) is 0 Å². The molecule has 0 aromatic heterocycles. The third-order valence-corrected chi connectivity index (χ3v) is 2.80. The molecule has 0 saturated carbocycles. The molecule has 0 amide bonds. The zero-order valence-electron chi connectivity index (χ0n) is 8.00. The molecule has 1 saturated heterocycles. The maximum atomic E-state index is 5.95. The van der Waals surface area contributed by atoms with E-state index in [2.05, 4.69) is 5.32 Å². The van der Waals surface area contributed by atoms with Crippen molar-refractivity contribution in [2.45, 2.75) is 6.42 Å². The van der Waals surface area contributed by atoms with Crippen molar-refractivity contribution in [3.63, 3.8) is 0 Å². The lowest BCUT2D eigenvalue weighted by Crippen LogP contribution is -2.42. The van der Waals surface area contributed by atoms with E-state index in [9.17, 15) is 0 Å². The van der Waals surface area contributed by atoms with Gasteiger partial charge in [0.1, 0.15) is 5.75 Å². The molecule has 2 nitrogen and oxygen atoms in total. The topological polar surface area (TPSA) is 21.3 Å². The van der Waals surface area contributed by atoms with Gasteiger partial charge < -0.3 is 10.1 Å². The van der Waals surface area contributed by atoms with Gasteiger partial charge in [0.15, 0.2) is 0 Å². The molecule has 1 aliphatic rings. The van der Waals surface area contributed by atoms with Gasteiger partial charge in [0.2, 0.25) is 0 Å². The van der Waals surface area contributed by atoms with Gasteiger partial charge in [-0.15, -0.1) is 0 Å². The minimum absolute atomic E-state index is 0.694. The maximum Gasteiger partial charge on any atom is 0.137 e. The number of nitrogens with one attached hydrogen (secondary N) is 1. The molecule has 3 heteroatoms. The van der Waals surface area contributed by atoms with Crippen LogP contribution in [0.1, 0.15) is 6.42 Å². The number of benzene rings is 1. The van der Waals surface area contributed by atoms with E-state index in [4.69, 9.17) is 16.3 Å². The summed E-state index contributed by atoms with van der Waals surface area (Å²) in [5.41, 5.74) is 0. The average molecular weight is 212 g/mol. The number of halogens is 1. The van der Waals surface area contributed by atoms with E-state index in [0.717, 1.165) is 37.8 Å². The first-order valence-corrected chi connectivity index (χ1v) is 5.32. The van der Waals surface area contributed by atoms with E-state index < -0.39 is 0 Å². The van der Waals surface area contributed by atoms with Gasteiger partial charge in [0.05, 0.1) is 11.6 Å². The van der Waals surface area contributed by atoms with Crippen LogP contribution in [0.3, 0.4) is 0 Å². The molecule has 0 atom stereocenters. The molecule has 2 rings (SSSR count). The quantitative estimate of drug-likeness (QED) is 0.826.